The van der Waals surface area contributed by atoms with E-state index in [0.717, 1.165) is 5.56 Å². The van der Waals surface area contributed by atoms with Crippen molar-refractivity contribution < 1.29 is 0 Å². The lowest BCUT2D eigenvalue weighted by Crippen LogP contribution is -2.15. The molecule has 0 unspecified atom stereocenters. The predicted octanol–water partition coefficient (Wildman–Crippen LogP) is 1.04. The zero-order valence-electron chi connectivity index (χ0n) is 10.0. The lowest BCUT2D eigenvalue weighted by atomic mass is 10.3. The third-order valence-electron chi connectivity index (χ3n) is 2.17. The van der Waals surface area contributed by atoms with Crippen LogP contribution in [0.4, 0.5) is 11.9 Å². The molecule has 0 atom stereocenters. The van der Waals surface area contributed by atoms with E-state index >= 15 is 0 Å². The number of rotatable bonds is 3. The molecule has 0 aliphatic heterocycles. The van der Waals surface area contributed by atoms with Gasteiger partial charge in [-0.05, 0) is 12.1 Å². The van der Waals surface area contributed by atoms with E-state index in [1.807, 2.05) is 31.1 Å². The Kier molecular flexibility index (Phi) is 3.13. The number of nitrogens with one attached hydrogen (secondary N) is 1. The molecule has 17 heavy (non-hydrogen) atoms. The summed E-state index contributed by atoms with van der Waals surface area (Å²) in [5, 5.41) is 2.92. The molecule has 0 radical (unpaired) electrons. The molecule has 1 N–H and O–H groups in total. The summed E-state index contributed by atoms with van der Waals surface area (Å²) in [5.74, 6) is 1.77. The number of hydrogen-bond acceptors (Lipinski definition) is 6. The lowest BCUT2D eigenvalue weighted by Gasteiger charge is -2.12. The standard InChI is InChI=1S/C11H14N6/c1-12-10-14-9(8-5-4-6-13-7-8)15-11(16-10)17(2)3/h4-7H,1-3H3,(H,12,14,15,16). The second-order valence-corrected chi connectivity index (χ2v) is 3.67. The molecule has 2 aromatic rings. The Bertz CT molecular complexity index is 497. The molecule has 2 heterocycles. The molecule has 0 saturated heterocycles. The molecular formula is C11H14N6. The maximum Gasteiger partial charge on any atom is 0.230 e. The Morgan fingerprint density at radius 1 is 1.18 bits per heavy atom. The third-order valence-corrected chi connectivity index (χ3v) is 2.17. The summed E-state index contributed by atoms with van der Waals surface area (Å²) in [5.41, 5.74) is 0.870. The van der Waals surface area contributed by atoms with Crippen molar-refractivity contribution in [2.24, 2.45) is 0 Å². The maximum absolute atomic E-state index is 4.37. The maximum atomic E-state index is 4.37. The van der Waals surface area contributed by atoms with Crippen LogP contribution in [-0.4, -0.2) is 41.1 Å². The zero-order valence-corrected chi connectivity index (χ0v) is 10.0. The number of anilines is 2. The van der Waals surface area contributed by atoms with Gasteiger partial charge in [-0.2, -0.15) is 15.0 Å². The molecule has 88 valence electrons. The van der Waals surface area contributed by atoms with Crippen LogP contribution in [0, 0.1) is 0 Å². The first-order valence-electron chi connectivity index (χ1n) is 5.22. The zero-order chi connectivity index (χ0) is 12.3. The minimum atomic E-state index is 0.544. The monoisotopic (exact) mass is 230 g/mol. The molecule has 0 aliphatic rings. The number of hydrogen-bond donors (Lipinski definition) is 1. The SMILES string of the molecule is CNc1nc(-c2cccnc2)nc(N(C)C)n1. The third kappa shape index (κ3) is 2.47. The van der Waals surface area contributed by atoms with Crippen LogP contribution in [-0.2, 0) is 0 Å². The van der Waals surface area contributed by atoms with Gasteiger partial charge in [0, 0.05) is 39.1 Å². The van der Waals surface area contributed by atoms with Gasteiger partial charge in [-0.3, -0.25) is 4.98 Å². The fourth-order valence-electron chi connectivity index (χ4n) is 1.30. The van der Waals surface area contributed by atoms with E-state index in [-0.39, 0.29) is 0 Å². The van der Waals surface area contributed by atoms with E-state index in [4.69, 9.17) is 0 Å². The van der Waals surface area contributed by atoms with Crippen LogP contribution < -0.4 is 10.2 Å². The van der Waals surface area contributed by atoms with Gasteiger partial charge in [-0.25, -0.2) is 0 Å². The van der Waals surface area contributed by atoms with Gasteiger partial charge in [0.25, 0.3) is 0 Å². The highest BCUT2D eigenvalue weighted by molar-refractivity contribution is 5.56. The van der Waals surface area contributed by atoms with Gasteiger partial charge in [-0.1, -0.05) is 0 Å². The number of aromatic nitrogens is 4. The molecule has 0 fully saturated rings. The summed E-state index contributed by atoms with van der Waals surface area (Å²) in [6, 6.07) is 3.77. The van der Waals surface area contributed by atoms with E-state index in [0.29, 0.717) is 17.7 Å². The highest BCUT2D eigenvalue weighted by Gasteiger charge is 2.08. The van der Waals surface area contributed by atoms with Gasteiger partial charge in [-0.15, -0.1) is 0 Å². The molecule has 2 rings (SSSR count). The summed E-state index contributed by atoms with van der Waals surface area (Å²) < 4.78 is 0. The van der Waals surface area contributed by atoms with Gasteiger partial charge in [0.2, 0.25) is 11.9 Å². The molecular weight excluding hydrogens is 216 g/mol. The van der Waals surface area contributed by atoms with Gasteiger partial charge >= 0.3 is 0 Å². The Morgan fingerprint density at radius 2 is 2.00 bits per heavy atom. The first-order valence-corrected chi connectivity index (χ1v) is 5.22. The van der Waals surface area contributed by atoms with E-state index in [1.165, 1.54) is 0 Å². The molecule has 6 nitrogen and oxygen atoms in total. The minimum absolute atomic E-state index is 0.544. The number of pyridine rings is 1. The van der Waals surface area contributed by atoms with Crippen molar-refractivity contribution in [1.29, 1.82) is 0 Å². The fourth-order valence-corrected chi connectivity index (χ4v) is 1.30. The van der Waals surface area contributed by atoms with E-state index in [1.54, 1.807) is 19.4 Å². The first-order chi connectivity index (χ1) is 8.20. The average Bonchev–Trinajstić information content (AvgIpc) is 2.39. The van der Waals surface area contributed by atoms with Gasteiger partial charge in [0.05, 0.1) is 0 Å². The molecule has 0 spiro atoms. The summed E-state index contributed by atoms with van der Waals surface area (Å²) in [6.07, 6.45) is 3.45. The van der Waals surface area contributed by atoms with Gasteiger partial charge in [0.15, 0.2) is 5.82 Å². The second-order valence-electron chi connectivity index (χ2n) is 3.67. The van der Waals surface area contributed by atoms with Crippen molar-refractivity contribution >= 4 is 11.9 Å². The van der Waals surface area contributed by atoms with Crippen molar-refractivity contribution in [2.45, 2.75) is 0 Å². The van der Waals surface area contributed by atoms with E-state index in [2.05, 4.69) is 25.3 Å². The Morgan fingerprint density at radius 3 is 2.59 bits per heavy atom. The quantitative estimate of drug-likeness (QED) is 0.849. The Balaban J connectivity index is 2.50. The second kappa shape index (κ2) is 4.73. The number of nitrogens with zero attached hydrogens (tertiary/aromatic N) is 5. The average molecular weight is 230 g/mol. The van der Waals surface area contributed by atoms with Crippen molar-refractivity contribution in [3.63, 3.8) is 0 Å². The summed E-state index contributed by atoms with van der Waals surface area (Å²) in [6.45, 7) is 0. The van der Waals surface area contributed by atoms with Crippen LogP contribution in [0.5, 0.6) is 0 Å². The van der Waals surface area contributed by atoms with Crippen molar-refractivity contribution in [1.82, 2.24) is 19.9 Å². The molecule has 0 saturated carbocycles. The van der Waals surface area contributed by atoms with Crippen LogP contribution in [0.1, 0.15) is 0 Å². The van der Waals surface area contributed by atoms with Crippen molar-refractivity contribution in [2.75, 3.05) is 31.4 Å². The van der Waals surface area contributed by atoms with Crippen molar-refractivity contribution in [3.05, 3.63) is 24.5 Å². The van der Waals surface area contributed by atoms with Crippen molar-refractivity contribution in [3.8, 4) is 11.4 Å². The van der Waals surface area contributed by atoms with Crippen LogP contribution >= 0.6 is 0 Å². The van der Waals surface area contributed by atoms with Gasteiger partial charge in [0.1, 0.15) is 0 Å². The smallest absolute Gasteiger partial charge is 0.230 e. The Labute approximate surface area is 99.8 Å². The Hall–Kier alpha value is -2.24. The molecule has 0 bridgehead atoms. The first kappa shape index (κ1) is 11.3. The predicted molar refractivity (Wildman–Crippen MR) is 66.9 cm³/mol. The van der Waals surface area contributed by atoms with Crippen LogP contribution in [0.3, 0.4) is 0 Å². The minimum Gasteiger partial charge on any atom is -0.357 e. The highest BCUT2D eigenvalue weighted by atomic mass is 15.3. The fraction of sp³-hybridized carbons (Fsp3) is 0.273. The summed E-state index contributed by atoms with van der Waals surface area (Å²) in [7, 11) is 5.56. The lowest BCUT2D eigenvalue weighted by molar-refractivity contribution is 0.962. The van der Waals surface area contributed by atoms with Crippen LogP contribution in [0.15, 0.2) is 24.5 Å². The largest absolute Gasteiger partial charge is 0.357 e. The highest BCUT2D eigenvalue weighted by Crippen LogP contribution is 2.17. The molecule has 2 aromatic heterocycles. The molecule has 0 amide bonds. The van der Waals surface area contributed by atoms with Crippen LogP contribution in [0.2, 0.25) is 0 Å². The van der Waals surface area contributed by atoms with Gasteiger partial charge < -0.3 is 10.2 Å². The van der Waals surface area contributed by atoms with E-state index in [9.17, 15) is 0 Å². The van der Waals surface area contributed by atoms with E-state index < -0.39 is 0 Å². The molecule has 0 aromatic carbocycles. The molecule has 6 heteroatoms. The summed E-state index contributed by atoms with van der Waals surface area (Å²) >= 11 is 0. The molecule has 0 aliphatic carbocycles. The summed E-state index contributed by atoms with van der Waals surface area (Å²) in [4.78, 5) is 18.8. The van der Waals surface area contributed by atoms with Crippen LogP contribution in [0.25, 0.3) is 11.4 Å². The normalized spacial score (nSPS) is 10.1. The topological polar surface area (TPSA) is 66.8 Å².